The standard InChI is InChI=1S/C27H30N2O4.CH4/c1-29(2,3)23-16-14-21(15-17-23)20-26(30)33-19-9-18-32-25-13-8-7-12-24(25)27(31)28-22-10-5-4-6-11-22;/h4-8,10-17H,9,18-20H2,1-3H3;1H4/p+1. The molecule has 0 atom stereocenters. The first-order valence-corrected chi connectivity index (χ1v) is 11.0. The molecule has 3 aromatic rings. The zero-order chi connectivity index (χ0) is 23.7. The average Bonchev–Trinajstić information content (AvgIpc) is 2.79. The molecule has 3 aromatic carbocycles. The van der Waals surface area contributed by atoms with Crippen molar-refractivity contribution in [2.45, 2.75) is 20.3 Å². The fourth-order valence-electron chi connectivity index (χ4n) is 3.21. The molecule has 34 heavy (non-hydrogen) atoms. The maximum atomic E-state index is 12.6. The molecule has 6 heteroatoms. The van der Waals surface area contributed by atoms with Gasteiger partial charge in [-0.3, -0.25) is 14.1 Å². The van der Waals surface area contributed by atoms with Crippen molar-refractivity contribution in [3.05, 3.63) is 90.0 Å². The Kier molecular flexibility index (Phi) is 9.83. The molecule has 0 unspecified atom stereocenters. The zero-order valence-electron chi connectivity index (χ0n) is 19.4. The van der Waals surface area contributed by atoms with Crippen LogP contribution in [0.15, 0.2) is 78.9 Å². The van der Waals surface area contributed by atoms with E-state index >= 15 is 0 Å². The van der Waals surface area contributed by atoms with Crippen molar-refractivity contribution in [1.82, 2.24) is 4.48 Å². The van der Waals surface area contributed by atoms with E-state index in [-0.39, 0.29) is 32.3 Å². The molecule has 0 radical (unpaired) electrons. The summed E-state index contributed by atoms with van der Waals surface area (Å²) < 4.78 is 11.8. The Hall–Kier alpha value is -3.64. The molecule has 3 rings (SSSR count). The number of nitrogens with zero attached hydrogens (tertiary/aromatic N) is 1. The molecule has 0 aliphatic heterocycles. The normalized spacial score (nSPS) is 10.7. The van der Waals surface area contributed by atoms with Crippen molar-refractivity contribution >= 4 is 23.3 Å². The van der Waals surface area contributed by atoms with E-state index in [1.54, 1.807) is 18.2 Å². The lowest BCUT2D eigenvalue weighted by molar-refractivity contribution is -0.143. The fraction of sp³-hybridized carbons (Fsp3) is 0.286. The molecule has 0 aliphatic carbocycles. The Balaban J connectivity index is 0.00000408. The van der Waals surface area contributed by atoms with Crippen LogP contribution < -0.4 is 14.5 Å². The van der Waals surface area contributed by atoms with Gasteiger partial charge in [-0.25, -0.2) is 0 Å². The SMILES string of the molecule is C.C[N+](C)(C)c1ccc(CC(=O)OCCCOc2ccccc2C(=O)Nc2ccccc2)cc1. The van der Waals surface area contributed by atoms with Crippen LogP contribution in [0.1, 0.15) is 29.8 Å². The van der Waals surface area contributed by atoms with Crippen LogP contribution >= 0.6 is 0 Å². The van der Waals surface area contributed by atoms with Crippen LogP contribution in [-0.2, 0) is 16.0 Å². The first-order chi connectivity index (χ1) is 15.8. The lowest BCUT2D eigenvalue weighted by Crippen LogP contribution is -2.34. The van der Waals surface area contributed by atoms with Crippen molar-refractivity contribution in [2.75, 3.05) is 39.7 Å². The predicted octanol–water partition coefficient (Wildman–Crippen LogP) is 5.33. The number of anilines is 1. The van der Waals surface area contributed by atoms with Gasteiger partial charge in [0.2, 0.25) is 0 Å². The van der Waals surface area contributed by atoms with Gasteiger partial charge in [-0.05, 0) is 42.0 Å². The lowest BCUT2D eigenvalue weighted by Gasteiger charge is -2.23. The van der Waals surface area contributed by atoms with Gasteiger partial charge in [0.15, 0.2) is 0 Å². The van der Waals surface area contributed by atoms with Crippen molar-refractivity contribution in [3.8, 4) is 5.75 Å². The number of hydrogen-bond donors (Lipinski definition) is 1. The van der Waals surface area contributed by atoms with Gasteiger partial charge in [0.05, 0.1) is 46.3 Å². The van der Waals surface area contributed by atoms with Crippen molar-refractivity contribution in [1.29, 1.82) is 0 Å². The predicted molar refractivity (Wildman–Crippen MR) is 138 cm³/mol. The van der Waals surface area contributed by atoms with Crippen LogP contribution in [-0.4, -0.2) is 46.2 Å². The highest BCUT2D eigenvalue weighted by atomic mass is 16.5. The van der Waals surface area contributed by atoms with Crippen LogP contribution in [0.5, 0.6) is 5.75 Å². The average molecular weight is 464 g/mol. The number of benzene rings is 3. The summed E-state index contributed by atoms with van der Waals surface area (Å²) >= 11 is 0. The number of rotatable bonds is 10. The number of hydrogen-bond acceptors (Lipinski definition) is 4. The Morgan fingerprint density at radius 1 is 0.824 bits per heavy atom. The molecule has 1 amide bonds. The van der Waals surface area contributed by atoms with Gasteiger partial charge in [0, 0.05) is 12.1 Å². The minimum Gasteiger partial charge on any atom is -0.493 e. The molecule has 0 spiro atoms. The molecule has 6 nitrogen and oxygen atoms in total. The fourth-order valence-corrected chi connectivity index (χ4v) is 3.21. The Morgan fingerprint density at radius 3 is 2.15 bits per heavy atom. The molecule has 0 aliphatic rings. The quantitative estimate of drug-likeness (QED) is 0.251. The van der Waals surface area contributed by atoms with Crippen LogP contribution in [0, 0.1) is 0 Å². The minimum atomic E-state index is -0.268. The van der Waals surface area contributed by atoms with E-state index < -0.39 is 0 Å². The van der Waals surface area contributed by atoms with E-state index in [4.69, 9.17) is 9.47 Å². The molecular weight excluding hydrogens is 428 g/mol. The van der Waals surface area contributed by atoms with E-state index in [1.165, 1.54) is 5.69 Å². The van der Waals surface area contributed by atoms with E-state index in [2.05, 4.69) is 26.5 Å². The molecule has 0 fully saturated rings. The maximum absolute atomic E-state index is 12.6. The van der Waals surface area contributed by atoms with Crippen molar-refractivity contribution in [3.63, 3.8) is 0 Å². The summed E-state index contributed by atoms with van der Waals surface area (Å²) in [6, 6.07) is 24.3. The summed E-state index contributed by atoms with van der Waals surface area (Å²) in [4.78, 5) is 24.7. The molecule has 0 aromatic heterocycles. The second-order valence-corrected chi connectivity index (χ2v) is 8.59. The number of para-hydroxylation sites is 2. The number of carbonyl (C=O) groups is 2. The van der Waals surface area contributed by atoms with Crippen molar-refractivity contribution < 1.29 is 19.1 Å². The van der Waals surface area contributed by atoms with Gasteiger partial charge >= 0.3 is 5.97 Å². The summed E-state index contributed by atoms with van der Waals surface area (Å²) in [6.45, 7) is 0.593. The van der Waals surface area contributed by atoms with Gasteiger partial charge in [-0.1, -0.05) is 49.9 Å². The second-order valence-electron chi connectivity index (χ2n) is 8.59. The number of esters is 1. The summed E-state index contributed by atoms with van der Waals surface area (Å²) in [5.74, 6) is -0.00950. The van der Waals surface area contributed by atoms with Crippen LogP contribution in [0.4, 0.5) is 11.4 Å². The minimum absolute atomic E-state index is 0. The third-order valence-corrected chi connectivity index (χ3v) is 5.03. The molecule has 0 saturated heterocycles. The summed E-state index contributed by atoms with van der Waals surface area (Å²) in [6.07, 6.45) is 0.765. The highest BCUT2D eigenvalue weighted by Gasteiger charge is 2.14. The Labute approximate surface area is 202 Å². The maximum Gasteiger partial charge on any atom is 0.310 e. The highest BCUT2D eigenvalue weighted by molar-refractivity contribution is 6.06. The molecule has 0 heterocycles. The second kappa shape index (κ2) is 12.6. The number of amides is 1. The van der Waals surface area contributed by atoms with Gasteiger partial charge in [-0.2, -0.15) is 0 Å². The molecule has 1 N–H and O–H groups in total. The topological polar surface area (TPSA) is 64.6 Å². The van der Waals surface area contributed by atoms with Gasteiger partial charge in [-0.15, -0.1) is 0 Å². The van der Waals surface area contributed by atoms with E-state index in [1.807, 2.05) is 60.7 Å². The molecular formula is C28H35N2O4+. The Morgan fingerprint density at radius 2 is 1.47 bits per heavy atom. The molecule has 0 saturated carbocycles. The van der Waals surface area contributed by atoms with E-state index in [0.717, 1.165) is 15.7 Å². The summed E-state index contributed by atoms with van der Waals surface area (Å²) in [7, 11) is 6.29. The van der Waals surface area contributed by atoms with Crippen molar-refractivity contribution in [2.24, 2.45) is 0 Å². The number of ether oxygens (including phenoxy) is 2. The Bertz CT molecular complexity index is 1060. The first kappa shape index (κ1) is 26.6. The third-order valence-electron chi connectivity index (χ3n) is 5.03. The number of quaternary nitrogens is 1. The monoisotopic (exact) mass is 463 g/mol. The van der Waals surface area contributed by atoms with E-state index in [0.29, 0.717) is 24.3 Å². The van der Waals surface area contributed by atoms with Gasteiger partial charge in [0.25, 0.3) is 5.91 Å². The zero-order valence-corrected chi connectivity index (χ0v) is 19.4. The van der Waals surface area contributed by atoms with Crippen LogP contribution in [0.25, 0.3) is 0 Å². The molecule has 180 valence electrons. The highest BCUT2D eigenvalue weighted by Crippen LogP contribution is 2.20. The van der Waals surface area contributed by atoms with E-state index in [9.17, 15) is 9.59 Å². The third kappa shape index (κ3) is 8.05. The number of nitrogens with one attached hydrogen (secondary N) is 1. The van der Waals surface area contributed by atoms with Crippen LogP contribution in [0.3, 0.4) is 0 Å². The largest absolute Gasteiger partial charge is 0.493 e. The summed E-state index contributed by atoms with van der Waals surface area (Å²) in [5, 5.41) is 2.86. The van der Waals surface area contributed by atoms with Crippen LogP contribution in [0.2, 0.25) is 0 Å². The van der Waals surface area contributed by atoms with Gasteiger partial charge < -0.3 is 14.8 Å². The lowest BCUT2D eigenvalue weighted by atomic mass is 10.1. The number of carbonyl (C=O) groups excluding carboxylic acids is 2. The first-order valence-electron chi connectivity index (χ1n) is 11.0. The smallest absolute Gasteiger partial charge is 0.310 e. The molecule has 0 bridgehead atoms. The van der Waals surface area contributed by atoms with Gasteiger partial charge in [0.1, 0.15) is 11.4 Å². The summed E-state index contributed by atoms with van der Waals surface area (Å²) in [5.41, 5.74) is 3.26.